The Hall–Kier alpha value is -3.93. The minimum absolute atomic E-state index is 0.0399. The molecule has 0 radical (unpaired) electrons. The number of hydrogen-bond acceptors (Lipinski definition) is 7. The summed E-state index contributed by atoms with van der Waals surface area (Å²) in [7, 11) is 0. The number of nitrogens with two attached hydrogens (primary N) is 1. The molecule has 0 aromatic heterocycles. The Kier molecular flexibility index (Phi) is 7.79. The van der Waals surface area contributed by atoms with Gasteiger partial charge in [0.05, 0.1) is 0 Å². The third-order valence-electron chi connectivity index (χ3n) is 9.63. The highest BCUT2D eigenvalue weighted by Gasteiger charge is 2.44. The van der Waals surface area contributed by atoms with Crippen LogP contribution in [0.5, 0.6) is 17.2 Å². The summed E-state index contributed by atoms with van der Waals surface area (Å²) in [6, 6.07) is 15.8. The lowest BCUT2D eigenvalue weighted by molar-refractivity contribution is -0.00202. The van der Waals surface area contributed by atoms with Crippen LogP contribution in [0.25, 0.3) is 0 Å². The van der Waals surface area contributed by atoms with Crippen molar-refractivity contribution in [1.82, 2.24) is 9.91 Å². The van der Waals surface area contributed by atoms with E-state index in [0.717, 1.165) is 42.8 Å². The molecule has 45 heavy (non-hydrogen) atoms. The number of anilines is 1. The van der Waals surface area contributed by atoms with Crippen LogP contribution in [0.15, 0.2) is 60.7 Å². The SMILES string of the molecule is NC(=O)N(c1ccccc1OC[C@@H](O)CN1CCC2(CC1)Cc1cc(F)ccc1O2)N1CCC2(CC1)Cc1cc(F)ccc1O2. The molecule has 4 heterocycles. The van der Waals surface area contributed by atoms with E-state index in [0.29, 0.717) is 62.5 Å². The number of β-amino-alcohol motifs (C(OH)–C–C–N with tert-alkyl or cyclic N) is 1. The molecular formula is C34H38F2N4O5. The van der Waals surface area contributed by atoms with Crippen LogP contribution in [0.4, 0.5) is 19.3 Å². The first-order valence-corrected chi connectivity index (χ1v) is 15.6. The molecule has 7 rings (SSSR count). The quantitative estimate of drug-likeness (QED) is 0.403. The third-order valence-corrected chi connectivity index (χ3v) is 9.63. The van der Waals surface area contributed by atoms with Crippen molar-refractivity contribution in [3.05, 3.63) is 83.4 Å². The second-order valence-corrected chi connectivity index (χ2v) is 12.8. The number of rotatable bonds is 7. The molecule has 9 nitrogen and oxygen atoms in total. The molecule has 0 bridgehead atoms. The van der Waals surface area contributed by atoms with Crippen molar-refractivity contribution in [2.24, 2.45) is 5.73 Å². The first kappa shape index (κ1) is 29.8. The van der Waals surface area contributed by atoms with E-state index in [1.165, 1.54) is 23.2 Å². The van der Waals surface area contributed by atoms with E-state index in [4.69, 9.17) is 19.9 Å². The maximum Gasteiger partial charge on any atom is 0.334 e. The highest BCUT2D eigenvalue weighted by molar-refractivity contribution is 5.91. The molecule has 238 valence electrons. The van der Waals surface area contributed by atoms with Crippen LogP contribution in [-0.4, -0.2) is 77.7 Å². The number of aliphatic hydroxyl groups is 1. The summed E-state index contributed by atoms with van der Waals surface area (Å²) in [5, 5.41) is 14.2. The van der Waals surface area contributed by atoms with Crippen LogP contribution < -0.4 is 25.0 Å². The fourth-order valence-electron chi connectivity index (χ4n) is 7.31. The maximum absolute atomic E-state index is 13.8. The molecule has 4 aliphatic rings. The van der Waals surface area contributed by atoms with Gasteiger partial charge in [-0.2, -0.15) is 0 Å². The van der Waals surface area contributed by atoms with Gasteiger partial charge in [0.2, 0.25) is 0 Å². The Bertz CT molecular complexity index is 1570. The third kappa shape index (κ3) is 6.04. The number of amides is 2. The molecule has 1 atom stereocenters. The highest BCUT2D eigenvalue weighted by atomic mass is 19.1. The Balaban J connectivity index is 0.936. The van der Waals surface area contributed by atoms with Gasteiger partial charge in [0.1, 0.15) is 58.5 Å². The van der Waals surface area contributed by atoms with E-state index in [1.807, 2.05) is 17.1 Å². The molecule has 2 spiro atoms. The van der Waals surface area contributed by atoms with Crippen molar-refractivity contribution in [1.29, 1.82) is 0 Å². The number of piperidine rings is 2. The van der Waals surface area contributed by atoms with Gasteiger partial charge in [-0.1, -0.05) is 12.1 Å². The fraction of sp³-hybridized carbons (Fsp3) is 0.441. The van der Waals surface area contributed by atoms with Crippen LogP contribution in [0.3, 0.4) is 0 Å². The predicted octanol–water partition coefficient (Wildman–Crippen LogP) is 4.44. The number of likely N-dealkylation sites (tertiary alicyclic amines) is 1. The van der Waals surface area contributed by atoms with Crippen molar-refractivity contribution >= 4 is 11.7 Å². The minimum Gasteiger partial charge on any atom is -0.489 e. The topological polar surface area (TPSA) is 101 Å². The summed E-state index contributed by atoms with van der Waals surface area (Å²) < 4.78 is 46.1. The molecule has 2 amide bonds. The molecule has 3 N–H and O–H groups in total. The first-order valence-electron chi connectivity index (χ1n) is 15.6. The molecular weight excluding hydrogens is 582 g/mol. The zero-order valence-corrected chi connectivity index (χ0v) is 25.1. The molecule has 0 saturated carbocycles. The van der Waals surface area contributed by atoms with Crippen molar-refractivity contribution in [3.8, 4) is 17.2 Å². The van der Waals surface area contributed by atoms with E-state index in [2.05, 4.69) is 4.90 Å². The van der Waals surface area contributed by atoms with Gasteiger partial charge in [0, 0.05) is 82.4 Å². The Morgan fingerprint density at radius 1 is 0.889 bits per heavy atom. The van der Waals surface area contributed by atoms with Gasteiger partial charge in [-0.3, -0.25) is 0 Å². The van der Waals surface area contributed by atoms with Crippen molar-refractivity contribution in [2.75, 3.05) is 44.3 Å². The minimum atomic E-state index is -0.759. The van der Waals surface area contributed by atoms with Gasteiger partial charge in [0.25, 0.3) is 0 Å². The number of carbonyl (C=O) groups is 1. The van der Waals surface area contributed by atoms with Gasteiger partial charge in [-0.15, -0.1) is 0 Å². The summed E-state index contributed by atoms with van der Waals surface area (Å²) in [5.41, 5.74) is 7.43. The van der Waals surface area contributed by atoms with E-state index < -0.39 is 17.7 Å². The summed E-state index contributed by atoms with van der Waals surface area (Å²) in [6.07, 6.45) is 3.42. The second kappa shape index (κ2) is 11.8. The first-order chi connectivity index (χ1) is 21.7. The van der Waals surface area contributed by atoms with Crippen molar-refractivity contribution in [3.63, 3.8) is 0 Å². The standard InChI is InChI=1S/C34H38F2N4O5/c35-25-5-7-29-23(17-25)19-33(44-29)9-13-38(14-10-33)21-27(41)22-43-31-4-2-1-3-28(31)40(32(37)42)39-15-11-34(12-16-39)20-24-18-26(36)6-8-30(24)45-34/h1-8,17-18,27,41H,9-16,19-22H2,(H2,37,42)/t27-/m0/s1. The number of hydrazine groups is 1. The number of hydrogen-bond donors (Lipinski definition) is 2. The number of para-hydroxylation sites is 2. The lowest BCUT2D eigenvalue weighted by atomic mass is 9.87. The number of fused-ring (bicyclic) bond motifs is 2. The Morgan fingerprint density at radius 2 is 1.44 bits per heavy atom. The molecule has 3 aromatic rings. The number of benzene rings is 3. The van der Waals surface area contributed by atoms with Gasteiger partial charge in [-0.25, -0.2) is 23.6 Å². The number of halogens is 2. The largest absolute Gasteiger partial charge is 0.489 e. The fourth-order valence-corrected chi connectivity index (χ4v) is 7.31. The summed E-state index contributed by atoms with van der Waals surface area (Å²) in [6.45, 7) is 2.99. The predicted molar refractivity (Wildman–Crippen MR) is 163 cm³/mol. The number of urea groups is 1. The average Bonchev–Trinajstić information content (AvgIpc) is 3.55. The number of aliphatic hydroxyl groups excluding tert-OH is 1. The number of primary amides is 1. The molecule has 2 fully saturated rings. The monoisotopic (exact) mass is 620 g/mol. The van der Waals surface area contributed by atoms with Crippen LogP contribution >= 0.6 is 0 Å². The highest BCUT2D eigenvalue weighted by Crippen LogP contribution is 2.43. The molecule has 3 aromatic carbocycles. The van der Waals surface area contributed by atoms with Crippen LogP contribution in [-0.2, 0) is 12.8 Å². The zero-order chi connectivity index (χ0) is 31.2. The molecule has 0 unspecified atom stereocenters. The van der Waals surface area contributed by atoms with E-state index in [9.17, 15) is 18.7 Å². The maximum atomic E-state index is 13.8. The molecule has 0 aliphatic carbocycles. The number of ether oxygens (including phenoxy) is 3. The van der Waals surface area contributed by atoms with E-state index >= 15 is 0 Å². The summed E-state index contributed by atoms with van der Waals surface area (Å²) in [5.74, 6) is 1.40. The van der Waals surface area contributed by atoms with Crippen molar-refractivity contribution in [2.45, 2.75) is 55.8 Å². The van der Waals surface area contributed by atoms with Gasteiger partial charge in [0.15, 0.2) is 0 Å². The van der Waals surface area contributed by atoms with Crippen molar-refractivity contribution < 1.29 is 32.9 Å². The van der Waals surface area contributed by atoms with Crippen LogP contribution in [0, 0.1) is 11.6 Å². The summed E-state index contributed by atoms with van der Waals surface area (Å²) >= 11 is 0. The lowest BCUT2D eigenvalue weighted by Crippen LogP contribution is -2.56. The van der Waals surface area contributed by atoms with Crippen LogP contribution in [0.1, 0.15) is 36.8 Å². The second-order valence-electron chi connectivity index (χ2n) is 12.8. The van der Waals surface area contributed by atoms with E-state index in [1.54, 1.807) is 30.3 Å². The van der Waals surface area contributed by atoms with E-state index in [-0.39, 0.29) is 23.8 Å². The Morgan fingerprint density at radius 3 is 2.02 bits per heavy atom. The molecule has 11 heteroatoms. The lowest BCUT2D eigenvalue weighted by Gasteiger charge is -2.43. The number of carbonyl (C=O) groups excluding carboxylic acids is 1. The number of nitrogens with zero attached hydrogens (tertiary/aromatic N) is 3. The zero-order valence-electron chi connectivity index (χ0n) is 25.1. The summed E-state index contributed by atoms with van der Waals surface area (Å²) in [4.78, 5) is 15.0. The van der Waals surface area contributed by atoms with Gasteiger partial charge >= 0.3 is 6.03 Å². The average molecular weight is 621 g/mol. The van der Waals surface area contributed by atoms with Crippen LogP contribution in [0.2, 0.25) is 0 Å². The molecule has 2 saturated heterocycles. The van der Waals surface area contributed by atoms with Gasteiger partial charge < -0.3 is 30.0 Å². The molecule has 4 aliphatic heterocycles. The van der Waals surface area contributed by atoms with Gasteiger partial charge in [-0.05, 0) is 48.5 Å². The normalized spacial score (nSPS) is 20.7. The Labute approximate surface area is 261 Å². The smallest absolute Gasteiger partial charge is 0.334 e.